The molecule has 0 amide bonds. The molecule has 1 fully saturated rings. The number of aliphatic hydroxyl groups excluding tert-OH is 1. The number of sulfonamides is 1. The predicted molar refractivity (Wildman–Crippen MR) is 118 cm³/mol. The molecule has 1 atom stereocenters. The molecule has 2 aromatic carbocycles. The molecule has 30 heavy (non-hydrogen) atoms. The Morgan fingerprint density at radius 1 is 1.10 bits per heavy atom. The number of benzene rings is 2. The molecule has 1 saturated heterocycles. The fourth-order valence-corrected chi connectivity index (χ4v) is 5.03. The summed E-state index contributed by atoms with van der Waals surface area (Å²) in [4.78, 5) is 0.302. The van der Waals surface area contributed by atoms with Crippen LogP contribution in [0.15, 0.2) is 59.5 Å². The lowest BCUT2D eigenvalue weighted by atomic mass is 10.1. The van der Waals surface area contributed by atoms with Crippen LogP contribution in [0.1, 0.15) is 44.3 Å². The number of hydrogen-bond donors (Lipinski definition) is 2. The quantitative estimate of drug-likeness (QED) is 0.563. The van der Waals surface area contributed by atoms with Gasteiger partial charge in [-0.25, -0.2) is 8.42 Å². The number of nitrogens with zero attached hydrogens (tertiary/aromatic N) is 1. The highest BCUT2D eigenvalue weighted by molar-refractivity contribution is 7.89. The zero-order chi connectivity index (χ0) is 21.4. The van der Waals surface area contributed by atoms with Gasteiger partial charge in [0.2, 0.25) is 10.0 Å². The van der Waals surface area contributed by atoms with Crippen LogP contribution in [0.5, 0.6) is 5.75 Å². The Hall–Kier alpha value is -1.93. The van der Waals surface area contributed by atoms with Crippen LogP contribution in [0, 0.1) is 0 Å². The zero-order valence-electron chi connectivity index (χ0n) is 17.5. The van der Waals surface area contributed by atoms with E-state index in [0.717, 1.165) is 31.2 Å². The SMILES string of the molecule is CCCCOc1ccc(S(=O)(=O)N2CCC(NCC(O)c3ccccc3)CC2)cc1. The summed E-state index contributed by atoms with van der Waals surface area (Å²) in [6.45, 7) is 4.14. The van der Waals surface area contributed by atoms with Crippen molar-refractivity contribution in [2.24, 2.45) is 0 Å². The molecule has 0 bridgehead atoms. The zero-order valence-corrected chi connectivity index (χ0v) is 18.4. The molecule has 0 saturated carbocycles. The molecule has 0 aliphatic carbocycles. The Morgan fingerprint density at radius 2 is 1.77 bits per heavy atom. The Balaban J connectivity index is 1.48. The summed E-state index contributed by atoms with van der Waals surface area (Å²) in [5, 5.41) is 13.7. The maximum Gasteiger partial charge on any atom is 0.243 e. The lowest BCUT2D eigenvalue weighted by Gasteiger charge is -2.32. The van der Waals surface area contributed by atoms with Gasteiger partial charge in [0.25, 0.3) is 0 Å². The van der Waals surface area contributed by atoms with E-state index in [-0.39, 0.29) is 6.04 Å². The highest BCUT2D eigenvalue weighted by Gasteiger charge is 2.29. The van der Waals surface area contributed by atoms with Crippen molar-refractivity contribution < 1.29 is 18.3 Å². The second-order valence-electron chi connectivity index (χ2n) is 7.69. The van der Waals surface area contributed by atoms with Crippen molar-refractivity contribution in [2.45, 2.75) is 49.6 Å². The first-order valence-corrected chi connectivity index (χ1v) is 12.1. The molecule has 2 N–H and O–H groups in total. The van der Waals surface area contributed by atoms with Gasteiger partial charge in [-0.3, -0.25) is 0 Å². The summed E-state index contributed by atoms with van der Waals surface area (Å²) in [5.41, 5.74) is 0.882. The predicted octanol–water partition coefficient (Wildman–Crippen LogP) is 3.34. The number of piperidine rings is 1. The van der Waals surface area contributed by atoms with Gasteiger partial charge in [-0.2, -0.15) is 4.31 Å². The van der Waals surface area contributed by atoms with Gasteiger partial charge in [0.1, 0.15) is 5.75 Å². The van der Waals surface area contributed by atoms with E-state index >= 15 is 0 Å². The summed E-state index contributed by atoms with van der Waals surface area (Å²) in [6, 6.07) is 16.4. The molecule has 6 nitrogen and oxygen atoms in total. The molecule has 1 aliphatic rings. The van der Waals surface area contributed by atoms with E-state index in [4.69, 9.17) is 4.74 Å². The Kier molecular flexibility index (Phi) is 8.27. The van der Waals surface area contributed by atoms with Crippen molar-refractivity contribution in [3.8, 4) is 5.75 Å². The Bertz CT molecular complexity index is 864. The van der Waals surface area contributed by atoms with E-state index in [0.29, 0.717) is 36.9 Å². The second-order valence-corrected chi connectivity index (χ2v) is 9.62. The standard InChI is InChI=1S/C23H32N2O4S/c1-2-3-17-29-21-9-11-22(12-10-21)30(27,28)25-15-13-20(14-16-25)24-18-23(26)19-7-5-4-6-8-19/h4-12,20,23-24,26H,2-3,13-18H2,1H3. The van der Waals surface area contributed by atoms with E-state index in [1.807, 2.05) is 30.3 Å². The highest BCUT2D eigenvalue weighted by Crippen LogP contribution is 2.23. The van der Waals surface area contributed by atoms with E-state index in [1.165, 1.54) is 0 Å². The van der Waals surface area contributed by atoms with Crippen LogP contribution in [0.2, 0.25) is 0 Å². The number of ether oxygens (including phenoxy) is 1. The molecule has 2 aromatic rings. The number of nitrogens with one attached hydrogen (secondary N) is 1. The topological polar surface area (TPSA) is 78.9 Å². The summed E-state index contributed by atoms with van der Waals surface area (Å²) in [5.74, 6) is 0.697. The van der Waals surface area contributed by atoms with Crippen LogP contribution in [-0.2, 0) is 10.0 Å². The normalized spacial score (nSPS) is 17.0. The van der Waals surface area contributed by atoms with E-state index < -0.39 is 16.1 Å². The molecule has 7 heteroatoms. The first kappa shape index (κ1) is 22.7. The van der Waals surface area contributed by atoms with Crippen molar-refractivity contribution in [2.75, 3.05) is 26.2 Å². The monoisotopic (exact) mass is 432 g/mol. The number of unbranched alkanes of at least 4 members (excludes halogenated alkanes) is 1. The molecular weight excluding hydrogens is 400 g/mol. The fraction of sp³-hybridized carbons (Fsp3) is 0.478. The average Bonchev–Trinajstić information content (AvgIpc) is 2.79. The molecule has 0 spiro atoms. The highest BCUT2D eigenvalue weighted by atomic mass is 32.2. The minimum absolute atomic E-state index is 0.198. The van der Waals surface area contributed by atoms with E-state index in [1.54, 1.807) is 28.6 Å². The summed E-state index contributed by atoms with van der Waals surface area (Å²) in [6.07, 6.45) is 2.91. The molecule has 1 aliphatic heterocycles. The van der Waals surface area contributed by atoms with Crippen LogP contribution in [0.3, 0.4) is 0 Å². The Morgan fingerprint density at radius 3 is 2.40 bits per heavy atom. The molecule has 1 heterocycles. The third kappa shape index (κ3) is 6.04. The van der Waals surface area contributed by atoms with Gasteiger partial charge < -0.3 is 15.2 Å². The molecule has 3 rings (SSSR count). The minimum Gasteiger partial charge on any atom is -0.494 e. The third-order valence-corrected chi connectivity index (χ3v) is 7.38. The van der Waals surface area contributed by atoms with Crippen LogP contribution in [0.25, 0.3) is 0 Å². The molecule has 0 aromatic heterocycles. The van der Waals surface area contributed by atoms with Crippen LogP contribution < -0.4 is 10.1 Å². The molecule has 1 unspecified atom stereocenters. The summed E-state index contributed by atoms with van der Waals surface area (Å²) in [7, 11) is -3.50. The van der Waals surface area contributed by atoms with Crippen molar-refractivity contribution in [1.29, 1.82) is 0 Å². The lowest BCUT2D eigenvalue weighted by molar-refractivity contribution is 0.162. The number of rotatable bonds is 10. The van der Waals surface area contributed by atoms with Crippen molar-refractivity contribution >= 4 is 10.0 Å². The molecule has 164 valence electrons. The summed E-state index contributed by atoms with van der Waals surface area (Å²) < 4.78 is 33.0. The maximum absolute atomic E-state index is 12.9. The third-order valence-electron chi connectivity index (χ3n) is 5.47. The smallest absolute Gasteiger partial charge is 0.243 e. The van der Waals surface area contributed by atoms with Gasteiger partial charge in [-0.05, 0) is 49.1 Å². The van der Waals surface area contributed by atoms with E-state index in [2.05, 4.69) is 12.2 Å². The van der Waals surface area contributed by atoms with Crippen LogP contribution in [-0.4, -0.2) is 50.1 Å². The minimum atomic E-state index is -3.50. The second kappa shape index (κ2) is 10.9. The average molecular weight is 433 g/mol. The largest absolute Gasteiger partial charge is 0.494 e. The first-order valence-electron chi connectivity index (χ1n) is 10.7. The van der Waals surface area contributed by atoms with Gasteiger partial charge in [0.15, 0.2) is 0 Å². The molecule has 0 radical (unpaired) electrons. The van der Waals surface area contributed by atoms with Gasteiger partial charge in [0, 0.05) is 25.7 Å². The fourth-order valence-electron chi connectivity index (χ4n) is 3.56. The Labute approximate surface area is 179 Å². The van der Waals surface area contributed by atoms with Gasteiger partial charge in [0.05, 0.1) is 17.6 Å². The lowest BCUT2D eigenvalue weighted by Crippen LogP contribution is -2.45. The number of hydrogen-bond acceptors (Lipinski definition) is 5. The summed E-state index contributed by atoms with van der Waals surface area (Å²) >= 11 is 0. The van der Waals surface area contributed by atoms with E-state index in [9.17, 15) is 13.5 Å². The van der Waals surface area contributed by atoms with Crippen molar-refractivity contribution in [3.05, 3.63) is 60.2 Å². The van der Waals surface area contributed by atoms with Crippen LogP contribution in [0.4, 0.5) is 0 Å². The first-order chi connectivity index (χ1) is 14.5. The van der Waals surface area contributed by atoms with Crippen LogP contribution >= 0.6 is 0 Å². The van der Waals surface area contributed by atoms with Crippen molar-refractivity contribution in [3.63, 3.8) is 0 Å². The van der Waals surface area contributed by atoms with Gasteiger partial charge in [-0.15, -0.1) is 0 Å². The maximum atomic E-state index is 12.9. The number of aliphatic hydroxyl groups is 1. The molecular formula is C23H32N2O4S. The van der Waals surface area contributed by atoms with Crippen molar-refractivity contribution in [1.82, 2.24) is 9.62 Å². The van der Waals surface area contributed by atoms with Gasteiger partial charge in [-0.1, -0.05) is 43.7 Å². The van der Waals surface area contributed by atoms with Gasteiger partial charge >= 0.3 is 0 Å².